The predicted molar refractivity (Wildman–Crippen MR) is 81.8 cm³/mol. The highest BCUT2D eigenvalue weighted by atomic mass is 35.5. The van der Waals surface area contributed by atoms with Gasteiger partial charge in [-0.1, -0.05) is 16.8 Å². The summed E-state index contributed by atoms with van der Waals surface area (Å²) in [6, 6.07) is 5.62. The Morgan fingerprint density at radius 3 is 3.05 bits per heavy atom. The maximum Gasteiger partial charge on any atom is 0.128 e. The number of fused-ring (bicyclic) bond motifs is 1. The number of hydrogen-bond acceptors (Lipinski definition) is 4. The van der Waals surface area contributed by atoms with Gasteiger partial charge in [-0.05, 0) is 51.6 Å². The minimum absolute atomic E-state index is 0.623. The van der Waals surface area contributed by atoms with Crippen LogP contribution in [0.3, 0.4) is 0 Å². The van der Waals surface area contributed by atoms with E-state index in [1.165, 1.54) is 0 Å². The van der Waals surface area contributed by atoms with Crippen molar-refractivity contribution in [3.8, 4) is 5.75 Å². The average molecular weight is 297 g/mol. The van der Waals surface area contributed by atoms with Crippen molar-refractivity contribution in [1.82, 2.24) is 4.90 Å². The predicted octanol–water partition coefficient (Wildman–Crippen LogP) is 3.19. The molecule has 0 amide bonds. The number of benzene rings is 1. The number of rotatable bonds is 5. The maximum atomic E-state index is 6.06. The van der Waals surface area contributed by atoms with E-state index in [9.17, 15) is 0 Å². The molecule has 0 N–H and O–H groups in total. The molecule has 0 unspecified atom stereocenters. The summed E-state index contributed by atoms with van der Waals surface area (Å²) in [7, 11) is 4.10. The van der Waals surface area contributed by atoms with Gasteiger partial charge in [-0.15, -0.1) is 0 Å². The van der Waals surface area contributed by atoms with Gasteiger partial charge in [0, 0.05) is 17.1 Å². The van der Waals surface area contributed by atoms with Crippen LogP contribution in [0.5, 0.6) is 5.75 Å². The third-order valence-electron chi connectivity index (χ3n) is 3.08. The summed E-state index contributed by atoms with van der Waals surface area (Å²) in [5, 5.41) is 4.97. The fraction of sp³-hybridized carbons (Fsp3) is 0.533. The molecule has 0 radical (unpaired) electrons. The largest absolute Gasteiger partial charge is 0.493 e. The summed E-state index contributed by atoms with van der Waals surface area (Å²) in [6.07, 6.45) is 2.75. The average Bonchev–Trinajstić information content (AvgIpc) is 2.60. The fourth-order valence-electron chi connectivity index (χ4n) is 2.07. The first-order valence-electron chi connectivity index (χ1n) is 6.93. The van der Waals surface area contributed by atoms with E-state index in [1.807, 2.05) is 32.3 Å². The Labute approximate surface area is 125 Å². The van der Waals surface area contributed by atoms with E-state index in [4.69, 9.17) is 21.2 Å². The van der Waals surface area contributed by atoms with Crippen LogP contribution >= 0.6 is 11.6 Å². The lowest BCUT2D eigenvalue weighted by Gasteiger charge is -2.10. The first kappa shape index (κ1) is 15.1. The van der Waals surface area contributed by atoms with Crippen LogP contribution in [0, 0.1) is 0 Å². The highest BCUT2D eigenvalue weighted by Crippen LogP contribution is 2.27. The summed E-state index contributed by atoms with van der Waals surface area (Å²) >= 11 is 6.06. The number of halogens is 1. The first-order chi connectivity index (χ1) is 9.66. The topological polar surface area (TPSA) is 34.1 Å². The second-order valence-electron chi connectivity index (χ2n) is 5.12. The van der Waals surface area contributed by atoms with Gasteiger partial charge in [0.1, 0.15) is 12.4 Å². The van der Waals surface area contributed by atoms with E-state index in [2.05, 4.69) is 10.1 Å². The minimum atomic E-state index is 0.623. The van der Waals surface area contributed by atoms with Crippen LogP contribution in [0.4, 0.5) is 0 Å². The lowest BCUT2D eigenvalue weighted by Crippen LogP contribution is -2.14. The summed E-state index contributed by atoms with van der Waals surface area (Å²) in [6.45, 7) is 2.32. The van der Waals surface area contributed by atoms with Crippen molar-refractivity contribution in [2.75, 3.05) is 33.9 Å². The molecular weight excluding hydrogens is 276 g/mol. The molecule has 0 saturated carbocycles. The highest BCUT2D eigenvalue weighted by molar-refractivity contribution is 6.31. The van der Waals surface area contributed by atoms with Gasteiger partial charge in [-0.3, -0.25) is 0 Å². The lowest BCUT2D eigenvalue weighted by atomic mass is 10.1. The molecule has 1 aliphatic rings. The zero-order chi connectivity index (χ0) is 14.4. The smallest absolute Gasteiger partial charge is 0.128 e. The van der Waals surface area contributed by atoms with Gasteiger partial charge in [-0.25, -0.2) is 0 Å². The molecule has 110 valence electrons. The normalized spacial score (nSPS) is 16.7. The Morgan fingerprint density at radius 1 is 1.40 bits per heavy atom. The van der Waals surface area contributed by atoms with Crippen molar-refractivity contribution in [2.45, 2.75) is 19.3 Å². The molecule has 20 heavy (non-hydrogen) atoms. The zero-order valence-electron chi connectivity index (χ0n) is 12.1. The molecule has 0 aliphatic carbocycles. The van der Waals surface area contributed by atoms with E-state index < -0.39 is 0 Å². The number of oxime groups is 1. The van der Waals surface area contributed by atoms with Crippen LogP contribution in [-0.4, -0.2) is 44.5 Å². The van der Waals surface area contributed by atoms with Crippen LogP contribution in [0.25, 0.3) is 0 Å². The van der Waals surface area contributed by atoms with Crippen LogP contribution < -0.4 is 4.74 Å². The van der Waals surface area contributed by atoms with Crippen LogP contribution in [0.2, 0.25) is 5.02 Å². The Balaban J connectivity index is 2.02. The maximum absolute atomic E-state index is 6.06. The van der Waals surface area contributed by atoms with E-state index >= 15 is 0 Å². The zero-order valence-corrected chi connectivity index (χ0v) is 12.8. The molecule has 0 bridgehead atoms. The molecular formula is C15H21ClN2O2. The standard InChI is InChI=1S/C15H21ClN2O2/c1-18(2)8-4-10-20-17-14-5-3-9-19-15-7-6-12(16)11-13(14)15/h6-7,11H,3-5,8-10H2,1-2H3/b17-14+. The van der Waals surface area contributed by atoms with Gasteiger partial charge in [0.15, 0.2) is 0 Å². The van der Waals surface area contributed by atoms with Crippen molar-refractivity contribution >= 4 is 17.3 Å². The van der Waals surface area contributed by atoms with Crippen LogP contribution in [0.15, 0.2) is 23.4 Å². The van der Waals surface area contributed by atoms with Crippen molar-refractivity contribution < 1.29 is 9.57 Å². The summed E-state index contributed by atoms with van der Waals surface area (Å²) in [5.41, 5.74) is 1.87. The van der Waals surface area contributed by atoms with Crippen molar-refractivity contribution in [1.29, 1.82) is 0 Å². The molecule has 0 spiro atoms. The van der Waals surface area contributed by atoms with Gasteiger partial charge < -0.3 is 14.5 Å². The van der Waals surface area contributed by atoms with E-state index in [1.54, 1.807) is 0 Å². The lowest BCUT2D eigenvalue weighted by molar-refractivity contribution is 0.134. The molecule has 0 aromatic heterocycles. The van der Waals surface area contributed by atoms with Gasteiger partial charge in [0.25, 0.3) is 0 Å². The van der Waals surface area contributed by atoms with Crippen molar-refractivity contribution in [3.63, 3.8) is 0 Å². The van der Waals surface area contributed by atoms with Crippen molar-refractivity contribution in [2.24, 2.45) is 5.16 Å². The van der Waals surface area contributed by atoms with E-state index in [0.717, 1.165) is 42.8 Å². The van der Waals surface area contributed by atoms with Gasteiger partial charge in [0.2, 0.25) is 0 Å². The van der Waals surface area contributed by atoms with Gasteiger partial charge in [0.05, 0.1) is 12.3 Å². The highest BCUT2D eigenvalue weighted by Gasteiger charge is 2.16. The number of nitrogens with zero attached hydrogens (tertiary/aromatic N) is 2. The third-order valence-corrected chi connectivity index (χ3v) is 3.32. The molecule has 1 aliphatic heterocycles. The molecule has 5 heteroatoms. The Kier molecular flexibility index (Phi) is 5.68. The summed E-state index contributed by atoms with van der Waals surface area (Å²) in [4.78, 5) is 7.57. The number of ether oxygens (including phenoxy) is 1. The first-order valence-corrected chi connectivity index (χ1v) is 7.31. The minimum Gasteiger partial charge on any atom is -0.493 e. The quantitative estimate of drug-likeness (QED) is 0.618. The Hall–Kier alpha value is -1.26. The van der Waals surface area contributed by atoms with E-state index in [-0.39, 0.29) is 0 Å². The van der Waals surface area contributed by atoms with E-state index in [0.29, 0.717) is 18.2 Å². The molecule has 1 aromatic carbocycles. The molecule has 1 heterocycles. The molecule has 1 aromatic rings. The fourth-order valence-corrected chi connectivity index (χ4v) is 2.25. The Bertz CT molecular complexity index is 475. The summed E-state index contributed by atoms with van der Waals surface area (Å²) in [5.74, 6) is 0.836. The van der Waals surface area contributed by atoms with Crippen LogP contribution in [-0.2, 0) is 4.84 Å². The monoisotopic (exact) mass is 296 g/mol. The van der Waals surface area contributed by atoms with Gasteiger partial charge >= 0.3 is 0 Å². The molecule has 0 saturated heterocycles. The molecule has 0 fully saturated rings. The third kappa shape index (κ3) is 4.39. The number of hydrogen-bond donors (Lipinski definition) is 0. The molecule has 0 atom stereocenters. The van der Waals surface area contributed by atoms with Gasteiger partial charge in [-0.2, -0.15) is 0 Å². The second-order valence-corrected chi connectivity index (χ2v) is 5.56. The molecule has 2 rings (SSSR count). The SMILES string of the molecule is CN(C)CCCO/N=C1\CCCOc2ccc(Cl)cc21. The van der Waals surface area contributed by atoms with Crippen LogP contribution in [0.1, 0.15) is 24.8 Å². The second kappa shape index (κ2) is 7.50. The Morgan fingerprint density at radius 2 is 2.25 bits per heavy atom. The summed E-state index contributed by atoms with van der Waals surface area (Å²) < 4.78 is 5.69. The molecule has 4 nitrogen and oxygen atoms in total. The van der Waals surface area contributed by atoms with Crippen molar-refractivity contribution in [3.05, 3.63) is 28.8 Å².